The third-order valence-electron chi connectivity index (χ3n) is 10.7. The van der Waals surface area contributed by atoms with Gasteiger partial charge in [-0.3, -0.25) is 9.59 Å². The molecular formula is C36H52O9. The molecule has 0 aromatic carbocycles. The molecule has 5 rings (SSSR count). The molecule has 2 bridgehead atoms. The zero-order valence-corrected chi connectivity index (χ0v) is 27.7. The topological polar surface area (TPSA) is 121 Å². The molecule has 9 nitrogen and oxygen atoms in total. The van der Waals surface area contributed by atoms with E-state index in [1.807, 2.05) is 19.1 Å². The van der Waals surface area contributed by atoms with E-state index in [1.54, 1.807) is 26.0 Å². The molecular weight excluding hydrogens is 576 g/mol. The van der Waals surface area contributed by atoms with Crippen LogP contribution in [-0.4, -0.2) is 77.3 Å². The molecule has 4 heterocycles. The van der Waals surface area contributed by atoms with Crippen molar-refractivity contribution in [2.24, 2.45) is 23.7 Å². The monoisotopic (exact) mass is 628 g/mol. The summed E-state index contributed by atoms with van der Waals surface area (Å²) < 4.78 is 30.9. The number of hydrogen-bond acceptors (Lipinski definition) is 9. The Hall–Kier alpha value is -2.30. The molecule has 0 saturated carbocycles. The summed E-state index contributed by atoms with van der Waals surface area (Å²) in [6.45, 7) is 12.3. The molecule has 1 spiro atoms. The van der Waals surface area contributed by atoms with Crippen LogP contribution >= 0.6 is 0 Å². The number of rotatable bonds is 4. The first-order valence-corrected chi connectivity index (χ1v) is 16.9. The summed E-state index contributed by atoms with van der Waals surface area (Å²) in [6.07, 6.45) is 10.8. The maximum absolute atomic E-state index is 14.0. The average molecular weight is 629 g/mol. The minimum absolute atomic E-state index is 0.0390. The Morgan fingerprint density at radius 1 is 1.13 bits per heavy atom. The van der Waals surface area contributed by atoms with E-state index >= 15 is 0 Å². The Morgan fingerprint density at radius 2 is 1.91 bits per heavy atom. The van der Waals surface area contributed by atoms with Crippen molar-refractivity contribution in [1.82, 2.24) is 0 Å². The molecule has 3 fully saturated rings. The third-order valence-corrected chi connectivity index (χ3v) is 10.7. The van der Waals surface area contributed by atoms with Crippen LogP contribution in [-0.2, 0) is 33.3 Å². The molecule has 0 amide bonds. The molecule has 5 aliphatic rings. The molecule has 0 aromatic rings. The van der Waals surface area contributed by atoms with E-state index in [4.69, 9.17) is 23.7 Å². The first kappa shape index (κ1) is 34.0. The number of ether oxygens (including phenoxy) is 5. The van der Waals surface area contributed by atoms with Crippen molar-refractivity contribution in [3.05, 3.63) is 47.1 Å². The highest BCUT2D eigenvalue weighted by Gasteiger charge is 2.60. The number of esters is 2. The van der Waals surface area contributed by atoms with Crippen molar-refractivity contribution in [2.75, 3.05) is 13.2 Å². The third kappa shape index (κ3) is 6.89. The van der Waals surface area contributed by atoms with Gasteiger partial charge in [0.1, 0.15) is 29.8 Å². The van der Waals surface area contributed by atoms with Gasteiger partial charge in [-0.15, -0.1) is 0 Å². The van der Waals surface area contributed by atoms with Gasteiger partial charge in [-0.1, -0.05) is 56.7 Å². The largest absolute Gasteiger partial charge is 0.466 e. The zero-order chi connectivity index (χ0) is 32.5. The van der Waals surface area contributed by atoms with E-state index in [9.17, 15) is 19.8 Å². The second-order valence-electron chi connectivity index (χ2n) is 13.9. The molecule has 45 heavy (non-hydrogen) atoms. The van der Waals surface area contributed by atoms with Crippen LogP contribution in [0.2, 0.25) is 0 Å². The standard InChI is InChI=1S/C36H52O9/c1-7-30-23(5)14-15-35(45-30)19-27-17-26(44-35)13-12-22(4)28(18-31(37)41-8-2)21(3)10-9-11-25-20-42-33-32(38)24(6)16-29(34(39)43-27)36(25,33)40/h9-12,16,21,23,26-30,32-33,38,40H,7-8,13-15,17-20H2,1-6H3/b10-9+,22-12+,25-11+/t21-,23-,26+,27-,28?,29-,30?,32+,33?,35+,36+/m0/s1. The molecule has 2 N–H and O–H groups in total. The molecule has 4 aliphatic heterocycles. The Balaban J connectivity index is 1.55. The van der Waals surface area contributed by atoms with Crippen LogP contribution in [0, 0.1) is 23.7 Å². The van der Waals surface area contributed by atoms with Gasteiger partial charge < -0.3 is 33.9 Å². The lowest BCUT2D eigenvalue weighted by atomic mass is 9.71. The summed E-state index contributed by atoms with van der Waals surface area (Å²) in [7, 11) is 0. The number of allylic oxidation sites excluding steroid dienone is 4. The lowest BCUT2D eigenvalue weighted by Crippen LogP contribution is -2.58. The van der Waals surface area contributed by atoms with Crippen molar-refractivity contribution in [1.29, 1.82) is 0 Å². The van der Waals surface area contributed by atoms with E-state index < -0.39 is 41.6 Å². The van der Waals surface area contributed by atoms with Gasteiger partial charge in [0.15, 0.2) is 5.79 Å². The molecule has 1 aliphatic carbocycles. The number of hydrogen-bond donors (Lipinski definition) is 2. The van der Waals surface area contributed by atoms with E-state index in [0.717, 1.165) is 18.4 Å². The molecule has 0 aromatic heterocycles. The van der Waals surface area contributed by atoms with Gasteiger partial charge in [0.05, 0.1) is 31.8 Å². The average Bonchev–Trinajstić information content (AvgIpc) is 3.34. The first-order valence-electron chi connectivity index (χ1n) is 16.9. The van der Waals surface area contributed by atoms with Crippen molar-refractivity contribution in [2.45, 2.75) is 128 Å². The molecule has 0 radical (unpaired) electrons. The van der Waals surface area contributed by atoms with Crippen molar-refractivity contribution in [3.63, 3.8) is 0 Å². The summed E-state index contributed by atoms with van der Waals surface area (Å²) in [5.41, 5.74) is 0.345. The fraction of sp³-hybridized carbons (Fsp3) is 0.722. The SMILES string of the molecule is CCOC(=O)CC1/C(C)=C/C[C@@H]2C[C@@H](C[C@]3(CC[C@H](C)C(CC)O3)O2)OC(=O)[C@@H]2C=C(C)[C@@H](O)C3OC/C(=C\C=C\[C@@H]1C)[C@]32O. The van der Waals surface area contributed by atoms with Crippen LogP contribution in [0.4, 0.5) is 0 Å². The Morgan fingerprint density at radius 3 is 2.64 bits per heavy atom. The summed E-state index contributed by atoms with van der Waals surface area (Å²) in [5.74, 6) is -2.47. The van der Waals surface area contributed by atoms with Gasteiger partial charge >= 0.3 is 11.9 Å². The number of carbonyl (C=O) groups is 2. The summed E-state index contributed by atoms with van der Waals surface area (Å²) in [4.78, 5) is 26.7. The Labute approximate surface area is 267 Å². The van der Waals surface area contributed by atoms with Crippen LogP contribution < -0.4 is 0 Å². The van der Waals surface area contributed by atoms with Gasteiger partial charge in [0, 0.05) is 19.3 Å². The summed E-state index contributed by atoms with van der Waals surface area (Å²) in [5, 5.41) is 23.2. The normalized spacial score (nSPS) is 45.3. The second kappa shape index (κ2) is 13.8. The highest BCUT2D eigenvalue weighted by Crippen LogP contribution is 2.47. The Kier molecular flexibility index (Phi) is 10.5. The first-order chi connectivity index (χ1) is 21.4. The van der Waals surface area contributed by atoms with Crippen LogP contribution in [0.15, 0.2) is 47.1 Å². The number of fused-ring (bicyclic) bond motifs is 2. The molecule has 250 valence electrons. The molecule has 3 saturated heterocycles. The van der Waals surface area contributed by atoms with Gasteiger partial charge in [0.2, 0.25) is 0 Å². The maximum Gasteiger partial charge on any atom is 0.316 e. The number of carbonyl (C=O) groups excluding carboxylic acids is 2. The van der Waals surface area contributed by atoms with Crippen LogP contribution in [0.3, 0.4) is 0 Å². The van der Waals surface area contributed by atoms with E-state index in [-0.39, 0.29) is 43.0 Å². The van der Waals surface area contributed by atoms with Crippen LogP contribution in [0.25, 0.3) is 0 Å². The Bertz CT molecular complexity index is 1230. The van der Waals surface area contributed by atoms with E-state index in [2.05, 4.69) is 26.8 Å². The summed E-state index contributed by atoms with van der Waals surface area (Å²) in [6, 6.07) is 0. The van der Waals surface area contributed by atoms with Crippen molar-refractivity contribution >= 4 is 11.9 Å². The molecule has 3 unspecified atom stereocenters. The fourth-order valence-electron chi connectivity index (χ4n) is 7.98. The lowest BCUT2D eigenvalue weighted by molar-refractivity contribution is -0.335. The predicted octanol–water partition coefficient (Wildman–Crippen LogP) is 5.10. The molecule has 11 atom stereocenters. The molecule has 9 heteroatoms. The van der Waals surface area contributed by atoms with Crippen molar-refractivity contribution < 1.29 is 43.5 Å². The minimum atomic E-state index is -1.77. The maximum atomic E-state index is 14.0. The van der Waals surface area contributed by atoms with E-state index in [0.29, 0.717) is 49.4 Å². The zero-order valence-electron chi connectivity index (χ0n) is 27.7. The van der Waals surface area contributed by atoms with E-state index in [1.165, 1.54) is 0 Å². The highest BCUT2D eigenvalue weighted by molar-refractivity contribution is 5.78. The quantitative estimate of drug-likeness (QED) is 0.324. The summed E-state index contributed by atoms with van der Waals surface area (Å²) >= 11 is 0. The van der Waals surface area contributed by atoms with Gasteiger partial charge in [-0.05, 0) is 68.9 Å². The smallest absolute Gasteiger partial charge is 0.316 e. The van der Waals surface area contributed by atoms with Crippen LogP contribution in [0.1, 0.15) is 86.5 Å². The van der Waals surface area contributed by atoms with Crippen molar-refractivity contribution in [3.8, 4) is 0 Å². The van der Waals surface area contributed by atoms with Crippen LogP contribution in [0.5, 0.6) is 0 Å². The fourth-order valence-corrected chi connectivity index (χ4v) is 7.98. The number of aliphatic hydroxyl groups excluding tert-OH is 1. The highest BCUT2D eigenvalue weighted by atomic mass is 16.7. The second-order valence-corrected chi connectivity index (χ2v) is 13.9. The number of aliphatic hydroxyl groups is 2. The van der Waals surface area contributed by atoms with Gasteiger partial charge in [-0.25, -0.2) is 0 Å². The van der Waals surface area contributed by atoms with Gasteiger partial charge in [-0.2, -0.15) is 0 Å². The minimum Gasteiger partial charge on any atom is -0.466 e. The predicted molar refractivity (Wildman–Crippen MR) is 168 cm³/mol. The lowest BCUT2D eigenvalue weighted by Gasteiger charge is -2.50. The van der Waals surface area contributed by atoms with Gasteiger partial charge in [0.25, 0.3) is 0 Å².